The van der Waals surface area contributed by atoms with Gasteiger partial charge in [-0.15, -0.1) is 0 Å². The van der Waals surface area contributed by atoms with Crippen molar-refractivity contribution < 1.29 is 22.7 Å². The Balaban J connectivity index is 1.18. The second-order valence-corrected chi connectivity index (χ2v) is 15.3. The average molecular weight is 775 g/mol. The third-order valence-corrected chi connectivity index (χ3v) is 11.6. The molecule has 3 saturated heterocycles. The molecule has 3 aliphatic rings. The van der Waals surface area contributed by atoms with Crippen LogP contribution in [0.1, 0.15) is 37.2 Å². The molecule has 0 aliphatic carbocycles. The Morgan fingerprint density at radius 2 is 2.02 bits per heavy atom. The quantitative estimate of drug-likeness (QED) is 0.182. The highest BCUT2D eigenvalue weighted by Gasteiger charge is 2.49. The van der Waals surface area contributed by atoms with Gasteiger partial charge in [-0.2, -0.15) is 15.2 Å². The molecule has 0 radical (unpaired) electrons. The van der Waals surface area contributed by atoms with Crippen LogP contribution in [0.3, 0.4) is 0 Å². The third-order valence-electron chi connectivity index (χ3n) is 10.4. The number of amides is 1. The number of hydrogen-bond donors (Lipinski definition) is 1. The molecule has 17 heteroatoms. The van der Waals surface area contributed by atoms with Crippen molar-refractivity contribution in [1.29, 1.82) is 5.26 Å². The van der Waals surface area contributed by atoms with Crippen molar-refractivity contribution >= 4 is 67.0 Å². The van der Waals surface area contributed by atoms with Gasteiger partial charge in [0.2, 0.25) is 5.91 Å². The van der Waals surface area contributed by atoms with E-state index in [-0.39, 0.29) is 87.0 Å². The number of ether oxygens (including phenoxy) is 1. The predicted octanol–water partition coefficient (Wildman–Crippen LogP) is 6.12. The zero-order valence-corrected chi connectivity index (χ0v) is 30.7. The maximum absolute atomic E-state index is 17.0. The molecular weight excluding hydrogens is 741 g/mol. The Bertz CT molecular complexity index is 2370. The van der Waals surface area contributed by atoms with Crippen LogP contribution in [0.4, 0.5) is 24.1 Å². The average Bonchev–Trinajstić information content (AvgIpc) is 3.82. The first kappa shape index (κ1) is 35.9. The van der Waals surface area contributed by atoms with E-state index in [1.54, 1.807) is 36.2 Å². The number of nitrogens with zero attached hydrogens (tertiary/aromatic N) is 9. The molecule has 2 aromatic carbocycles. The summed E-state index contributed by atoms with van der Waals surface area (Å²) in [5.74, 6) is -0.783. The number of anilines is 2. The SMILES string of the molecule is Cc1nccc(/C=C/C(=O)N2CCN(c3nc(OC[C@@]45CCCN4C[C@H](F)C5)nc4c(F)c(-c5ccc(F)c6sc(N)nc56)c(Cl)cc34)CC2CC#N)n1. The molecule has 5 aromatic rings. The molecule has 278 valence electrons. The topological polar surface area (TPSA) is 150 Å². The van der Waals surface area contributed by atoms with Gasteiger partial charge < -0.3 is 20.3 Å². The van der Waals surface area contributed by atoms with Gasteiger partial charge in [-0.1, -0.05) is 22.9 Å². The van der Waals surface area contributed by atoms with E-state index in [0.29, 0.717) is 30.3 Å². The van der Waals surface area contributed by atoms with Crippen LogP contribution in [-0.4, -0.2) is 97.7 Å². The molecule has 6 heterocycles. The van der Waals surface area contributed by atoms with E-state index in [0.717, 1.165) is 30.7 Å². The van der Waals surface area contributed by atoms with E-state index in [9.17, 15) is 18.8 Å². The molecule has 2 N–H and O–H groups in total. The fourth-order valence-corrected chi connectivity index (χ4v) is 9.05. The van der Waals surface area contributed by atoms with E-state index in [2.05, 4.69) is 30.9 Å². The number of hydrogen-bond acceptors (Lipinski definition) is 12. The molecule has 0 spiro atoms. The van der Waals surface area contributed by atoms with Crippen LogP contribution in [0.2, 0.25) is 5.02 Å². The number of nitrogen functional groups attached to an aromatic ring is 1. The minimum Gasteiger partial charge on any atom is -0.461 e. The Hall–Kier alpha value is -5.11. The van der Waals surface area contributed by atoms with Gasteiger partial charge in [-0.3, -0.25) is 9.69 Å². The summed E-state index contributed by atoms with van der Waals surface area (Å²) in [4.78, 5) is 41.0. The van der Waals surface area contributed by atoms with Gasteiger partial charge in [0.1, 0.15) is 35.8 Å². The molecule has 1 amide bonds. The van der Waals surface area contributed by atoms with Gasteiger partial charge in [0.15, 0.2) is 10.9 Å². The van der Waals surface area contributed by atoms with Crippen molar-refractivity contribution in [3.05, 3.63) is 64.7 Å². The zero-order chi connectivity index (χ0) is 37.7. The number of thiazole rings is 1. The highest BCUT2D eigenvalue weighted by atomic mass is 35.5. The van der Waals surface area contributed by atoms with Gasteiger partial charge in [0.05, 0.1) is 45.0 Å². The number of aryl methyl sites for hydroxylation is 1. The Labute approximate surface area is 317 Å². The number of nitriles is 1. The Morgan fingerprint density at radius 3 is 2.83 bits per heavy atom. The van der Waals surface area contributed by atoms with Crippen molar-refractivity contribution in [2.75, 3.05) is 50.0 Å². The van der Waals surface area contributed by atoms with Crippen molar-refractivity contribution in [3.8, 4) is 23.2 Å². The van der Waals surface area contributed by atoms with Crippen LogP contribution < -0.4 is 15.4 Å². The van der Waals surface area contributed by atoms with Gasteiger partial charge in [-0.05, 0) is 56.7 Å². The molecule has 1 unspecified atom stereocenters. The molecule has 3 fully saturated rings. The molecule has 3 atom stereocenters. The van der Waals surface area contributed by atoms with Crippen LogP contribution in [-0.2, 0) is 4.79 Å². The molecule has 54 heavy (non-hydrogen) atoms. The van der Waals surface area contributed by atoms with Crippen LogP contribution in [0.15, 0.2) is 36.5 Å². The number of fused-ring (bicyclic) bond motifs is 3. The zero-order valence-electron chi connectivity index (χ0n) is 29.1. The number of halogens is 4. The fourth-order valence-electron chi connectivity index (χ4n) is 7.99. The van der Waals surface area contributed by atoms with Gasteiger partial charge in [-0.25, -0.2) is 28.1 Å². The lowest BCUT2D eigenvalue weighted by atomic mass is 9.95. The summed E-state index contributed by atoms with van der Waals surface area (Å²) in [6, 6.07) is 7.37. The van der Waals surface area contributed by atoms with Crippen LogP contribution >= 0.6 is 22.9 Å². The summed E-state index contributed by atoms with van der Waals surface area (Å²) in [5.41, 5.74) is 6.22. The van der Waals surface area contributed by atoms with Gasteiger partial charge in [0.25, 0.3) is 0 Å². The van der Waals surface area contributed by atoms with Gasteiger partial charge in [0, 0.05) is 61.4 Å². The summed E-state index contributed by atoms with van der Waals surface area (Å²) in [7, 11) is 0. The minimum absolute atomic E-state index is 0.00547. The summed E-state index contributed by atoms with van der Waals surface area (Å²) in [5, 5.41) is 10.2. The standard InChI is InChI=1S/C37H34ClF3N10O2S/c1-20-44-11-8-22(45-20)3-6-28(52)51-14-13-49(18-23(51)7-10-42)34-25-15-26(38)29(24-4-5-27(40)33-32(24)46-35(43)54-33)30(41)31(25)47-36(48-34)53-19-37-9-2-12-50(37)17-21(39)16-37/h3-6,8,11,15,21,23H,2,7,9,12-14,16-19H2,1H3,(H2,43,46)/b6-3+/t21-,23?,37+/m1/s1. The fraction of sp³-hybridized carbons (Fsp3) is 0.378. The van der Waals surface area contributed by atoms with Crippen molar-refractivity contribution in [2.45, 2.75) is 50.4 Å². The first-order chi connectivity index (χ1) is 26.0. The van der Waals surface area contributed by atoms with Crippen molar-refractivity contribution in [3.63, 3.8) is 0 Å². The van der Waals surface area contributed by atoms with Crippen LogP contribution in [0, 0.1) is 29.9 Å². The second-order valence-electron chi connectivity index (χ2n) is 13.8. The maximum atomic E-state index is 17.0. The third kappa shape index (κ3) is 6.54. The van der Waals surface area contributed by atoms with Crippen molar-refractivity contribution in [1.82, 2.24) is 34.7 Å². The van der Waals surface area contributed by atoms with E-state index < -0.39 is 29.4 Å². The van der Waals surface area contributed by atoms with E-state index in [1.807, 2.05) is 4.90 Å². The van der Waals surface area contributed by atoms with Crippen LogP contribution in [0.5, 0.6) is 6.01 Å². The lowest BCUT2D eigenvalue weighted by molar-refractivity contribution is -0.128. The predicted molar refractivity (Wildman–Crippen MR) is 200 cm³/mol. The summed E-state index contributed by atoms with van der Waals surface area (Å²) in [6.45, 7) is 3.63. The Morgan fingerprint density at radius 1 is 1.17 bits per heavy atom. The van der Waals surface area contributed by atoms with Gasteiger partial charge >= 0.3 is 6.01 Å². The highest BCUT2D eigenvalue weighted by Crippen LogP contribution is 2.44. The molecular formula is C37H34ClF3N10O2S. The first-order valence-electron chi connectivity index (χ1n) is 17.5. The lowest BCUT2D eigenvalue weighted by Crippen LogP contribution is -2.55. The minimum atomic E-state index is -0.979. The molecule has 0 bridgehead atoms. The number of nitrogens with two attached hydrogens (primary N) is 1. The smallest absolute Gasteiger partial charge is 0.319 e. The number of rotatable bonds is 8. The number of piperazine rings is 1. The number of aromatic nitrogens is 5. The van der Waals surface area contributed by atoms with Crippen molar-refractivity contribution in [2.24, 2.45) is 0 Å². The summed E-state index contributed by atoms with van der Waals surface area (Å²) >= 11 is 7.79. The normalized spacial score (nSPS) is 21.7. The molecule has 0 saturated carbocycles. The first-order valence-corrected chi connectivity index (χ1v) is 18.7. The number of alkyl halides is 1. The Kier molecular flexibility index (Phi) is 9.49. The highest BCUT2D eigenvalue weighted by molar-refractivity contribution is 7.22. The molecule has 3 aliphatic heterocycles. The molecule has 8 rings (SSSR count). The number of benzene rings is 2. The summed E-state index contributed by atoms with van der Waals surface area (Å²) in [6.07, 6.45) is 5.64. The largest absolute Gasteiger partial charge is 0.461 e. The number of carbonyl (C=O) groups is 1. The van der Waals surface area contributed by atoms with Crippen LogP contribution in [0.25, 0.3) is 38.3 Å². The molecule has 12 nitrogen and oxygen atoms in total. The second kappa shape index (κ2) is 14.3. The van der Waals surface area contributed by atoms with E-state index in [1.165, 1.54) is 18.2 Å². The number of carbonyl (C=O) groups excluding carboxylic acids is 1. The lowest BCUT2D eigenvalue weighted by Gasteiger charge is -2.41. The monoisotopic (exact) mass is 774 g/mol. The van der Waals surface area contributed by atoms with E-state index in [4.69, 9.17) is 27.1 Å². The molecule has 3 aromatic heterocycles. The summed E-state index contributed by atoms with van der Waals surface area (Å²) < 4.78 is 52.8. The van der Waals surface area contributed by atoms with E-state index >= 15 is 4.39 Å². The maximum Gasteiger partial charge on any atom is 0.319 e.